The van der Waals surface area contributed by atoms with E-state index in [4.69, 9.17) is 14.0 Å². The van der Waals surface area contributed by atoms with Crippen molar-refractivity contribution >= 4 is 15.9 Å². The van der Waals surface area contributed by atoms with E-state index >= 15 is 0 Å². The van der Waals surface area contributed by atoms with E-state index in [2.05, 4.69) is 26.1 Å². The topological polar surface area (TPSA) is 77.6 Å². The normalized spacial score (nSPS) is 10.9. The van der Waals surface area contributed by atoms with Crippen LogP contribution in [0, 0.1) is 0 Å². The number of rotatable bonds is 7. The number of ether oxygens (including phenoxy) is 2. The molecule has 0 spiro atoms. The van der Waals surface area contributed by atoms with Crippen molar-refractivity contribution in [3.05, 3.63) is 28.5 Å². The Hall–Kier alpha value is -1.44. The van der Waals surface area contributed by atoms with Gasteiger partial charge in [-0.2, -0.15) is 4.98 Å². The fourth-order valence-corrected chi connectivity index (χ4v) is 1.91. The average molecular weight is 343 g/mol. The first-order valence-corrected chi connectivity index (χ1v) is 6.88. The predicted octanol–water partition coefficient (Wildman–Crippen LogP) is 2.41. The van der Waals surface area contributed by atoms with Gasteiger partial charge in [0, 0.05) is 18.0 Å². The van der Waals surface area contributed by atoms with Gasteiger partial charge in [0.1, 0.15) is 5.75 Å². The molecule has 0 unspecified atom stereocenters. The van der Waals surface area contributed by atoms with E-state index in [1.54, 1.807) is 25.3 Å². The van der Waals surface area contributed by atoms with Crippen LogP contribution in [0.15, 0.2) is 27.2 Å². The number of aromatic nitrogens is 2. The standard InChI is InChI=1S/C13H15BrN2O4/c1-18-6-7-19-5-4-12-15-13(20-16-12)10-3-2-9(14)8-11(10)17/h2-3,8,17H,4-7H2,1H3. The highest BCUT2D eigenvalue weighted by molar-refractivity contribution is 9.10. The maximum Gasteiger partial charge on any atom is 0.261 e. The third-order valence-corrected chi connectivity index (χ3v) is 3.05. The zero-order valence-corrected chi connectivity index (χ0v) is 12.6. The van der Waals surface area contributed by atoms with Crippen LogP contribution in [0.2, 0.25) is 0 Å². The fraction of sp³-hybridized carbons (Fsp3) is 0.385. The Morgan fingerprint density at radius 1 is 1.30 bits per heavy atom. The maximum atomic E-state index is 9.83. The average Bonchev–Trinajstić information content (AvgIpc) is 2.87. The lowest BCUT2D eigenvalue weighted by molar-refractivity contribution is 0.0714. The van der Waals surface area contributed by atoms with Crippen LogP contribution in [0.3, 0.4) is 0 Å². The van der Waals surface area contributed by atoms with Crippen molar-refractivity contribution in [3.8, 4) is 17.2 Å². The van der Waals surface area contributed by atoms with Crippen LogP contribution < -0.4 is 0 Å². The molecule has 1 aromatic carbocycles. The molecule has 0 aliphatic carbocycles. The molecule has 7 heteroatoms. The third kappa shape index (κ3) is 4.03. The van der Waals surface area contributed by atoms with Crippen molar-refractivity contribution in [2.75, 3.05) is 26.9 Å². The molecule has 0 aliphatic rings. The number of nitrogens with zero attached hydrogens (tertiary/aromatic N) is 2. The number of hydrogen-bond donors (Lipinski definition) is 1. The Kier molecular flexibility index (Phi) is 5.51. The quantitative estimate of drug-likeness (QED) is 0.778. The van der Waals surface area contributed by atoms with E-state index in [1.165, 1.54) is 0 Å². The molecule has 6 nitrogen and oxygen atoms in total. The van der Waals surface area contributed by atoms with E-state index in [0.717, 1.165) is 4.47 Å². The smallest absolute Gasteiger partial charge is 0.261 e. The van der Waals surface area contributed by atoms with Crippen molar-refractivity contribution in [1.82, 2.24) is 10.1 Å². The van der Waals surface area contributed by atoms with E-state index in [0.29, 0.717) is 43.5 Å². The molecule has 0 fully saturated rings. The van der Waals surface area contributed by atoms with Gasteiger partial charge in [0.2, 0.25) is 0 Å². The summed E-state index contributed by atoms with van der Waals surface area (Å²) in [7, 11) is 1.62. The molecule has 0 amide bonds. The minimum Gasteiger partial charge on any atom is -0.507 e. The summed E-state index contributed by atoms with van der Waals surface area (Å²) in [5, 5.41) is 13.7. The van der Waals surface area contributed by atoms with Crippen LogP contribution in [-0.4, -0.2) is 42.2 Å². The van der Waals surface area contributed by atoms with Crippen LogP contribution in [-0.2, 0) is 15.9 Å². The van der Waals surface area contributed by atoms with E-state index in [9.17, 15) is 5.11 Å². The van der Waals surface area contributed by atoms with Crippen LogP contribution in [0.4, 0.5) is 0 Å². The Morgan fingerprint density at radius 3 is 2.90 bits per heavy atom. The Labute approximate surface area is 124 Å². The van der Waals surface area contributed by atoms with Crippen LogP contribution in [0.25, 0.3) is 11.5 Å². The van der Waals surface area contributed by atoms with E-state index in [1.807, 2.05) is 0 Å². The summed E-state index contributed by atoms with van der Waals surface area (Å²) >= 11 is 3.28. The fourth-order valence-electron chi connectivity index (χ4n) is 1.56. The number of methoxy groups -OCH3 is 1. The first kappa shape index (κ1) is 15.0. The number of phenolic OH excluding ortho intramolecular Hbond substituents is 1. The lowest BCUT2D eigenvalue weighted by Crippen LogP contribution is -2.05. The lowest BCUT2D eigenvalue weighted by Gasteiger charge is -2.00. The Balaban J connectivity index is 1.95. The van der Waals surface area contributed by atoms with Crippen LogP contribution in [0.1, 0.15) is 5.82 Å². The third-order valence-electron chi connectivity index (χ3n) is 2.56. The lowest BCUT2D eigenvalue weighted by atomic mass is 10.2. The molecule has 0 aliphatic heterocycles. The summed E-state index contributed by atoms with van der Waals surface area (Å²) in [6, 6.07) is 5.09. The zero-order valence-electron chi connectivity index (χ0n) is 11.0. The second-order valence-electron chi connectivity index (χ2n) is 4.03. The molecule has 1 heterocycles. The SMILES string of the molecule is COCCOCCc1noc(-c2ccc(Br)cc2O)n1. The van der Waals surface area contributed by atoms with Gasteiger partial charge in [-0.1, -0.05) is 21.1 Å². The maximum absolute atomic E-state index is 9.83. The largest absolute Gasteiger partial charge is 0.507 e. The Bertz CT molecular complexity index is 559. The van der Waals surface area contributed by atoms with Crippen molar-refractivity contribution in [2.45, 2.75) is 6.42 Å². The molecule has 108 valence electrons. The van der Waals surface area contributed by atoms with Gasteiger partial charge < -0.3 is 19.1 Å². The predicted molar refractivity (Wildman–Crippen MR) is 75.5 cm³/mol. The summed E-state index contributed by atoms with van der Waals surface area (Å²) < 4.78 is 16.1. The molecule has 0 saturated carbocycles. The molecule has 0 atom stereocenters. The second kappa shape index (κ2) is 7.37. The highest BCUT2D eigenvalue weighted by Gasteiger charge is 2.12. The summed E-state index contributed by atoms with van der Waals surface area (Å²) in [4.78, 5) is 4.22. The molecular weight excluding hydrogens is 328 g/mol. The highest BCUT2D eigenvalue weighted by atomic mass is 79.9. The number of benzene rings is 1. The number of phenols is 1. The van der Waals surface area contributed by atoms with Crippen molar-refractivity contribution < 1.29 is 19.1 Å². The van der Waals surface area contributed by atoms with Gasteiger partial charge in [0.25, 0.3) is 5.89 Å². The molecule has 2 aromatic rings. The molecular formula is C13H15BrN2O4. The summed E-state index contributed by atoms with van der Waals surface area (Å²) in [5.41, 5.74) is 0.507. The van der Waals surface area contributed by atoms with Gasteiger partial charge in [0.05, 0.1) is 25.4 Å². The van der Waals surface area contributed by atoms with Gasteiger partial charge in [-0.3, -0.25) is 0 Å². The second-order valence-corrected chi connectivity index (χ2v) is 4.95. The number of halogens is 1. The first-order valence-electron chi connectivity index (χ1n) is 6.09. The van der Waals surface area contributed by atoms with E-state index < -0.39 is 0 Å². The van der Waals surface area contributed by atoms with E-state index in [-0.39, 0.29) is 5.75 Å². The number of hydrogen-bond acceptors (Lipinski definition) is 6. The minimum absolute atomic E-state index is 0.0888. The molecule has 1 N–H and O–H groups in total. The zero-order chi connectivity index (χ0) is 14.4. The van der Waals surface area contributed by atoms with Gasteiger partial charge in [-0.05, 0) is 18.2 Å². The van der Waals surface area contributed by atoms with Crippen LogP contribution in [0.5, 0.6) is 5.75 Å². The summed E-state index contributed by atoms with van der Waals surface area (Å²) in [6.45, 7) is 1.59. The van der Waals surface area contributed by atoms with Gasteiger partial charge in [-0.25, -0.2) is 0 Å². The molecule has 0 saturated heterocycles. The molecule has 20 heavy (non-hydrogen) atoms. The summed E-state index contributed by atoms with van der Waals surface area (Å²) in [6.07, 6.45) is 0.546. The molecule has 1 aromatic heterocycles. The molecule has 0 radical (unpaired) electrons. The first-order chi connectivity index (χ1) is 9.70. The monoisotopic (exact) mass is 342 g/mol. The van der Waals surface area contributed by atoms with Crippen molar-refractivity contribution in [1.29, 1.82) is 0 Å². The van der Waals surface area contributed by atoms with Crippen molar-refractivity contribution in [3.63, 3.8) is 0 Å². The molecule has 2 rings (SSSR count). The van der Waals surface area contributed by atoms with Gasteiger partial charge in [-0.15, -0.1) is 0 Å². The Morgan fingerprint density at radius 2 is 2.15 bits per heavy atom. The number of aromatic hydroxyl groups is 1. The molecule has 0 bridgehead atoms. The highest BCUT2D eigenvalue weighted by Crippen LogP contribution is 2.30. The minimum atomic E-state index is 0.0888. The summed E-state index contributed by atoms with van der Waals surface area (Å²) in [5.74, 6) is 0.924. The van der Waals surface area contributed by atoms with Crippen LogP contribution >= 0.6 is 15.9 Å². The van der Waals surface area contributed by atoms with Gasteiger partial charge in [0.15, 0.2) is 5.82 Å². The van der Waals surface area contributed by atoms with Crippen molar-refractivity contribution in [2.24, 2.45) is 0 Å². The van der Waals surface area contributed by atoms with Gasteiger partial charge >= 0.3 is 0 Å².